The predicted octanol–water partition coefficient (Wildman–Crippen LogP) is 0.751. The molecular formula is C18H23ClN4O3. The fourth-order valence-corrected chi connectivity index (χ4v) is 4.20. The van der Waals surface area contributed by atoms with Gasteiger partial charge in [0, 0.05) is 19.1 Å². The molecule has 1 aromatic rings. The lowest BCUT2D eigenvalue weighted by molar-refractivity contribution is -0.139. The second kappa shape index (κ2) is 6.89. The maximum Gasteiger partial charge on any atom is 0.325 e. The van der Waals surface area contributed by atoms with Crippen LogP contribution in [-0.4, -0.2) is 53.3 Å². The molecule has 0 radical (unpaired) electrons. The molecule has 2 fully saturated rings. The highest BCUT2D eigenvalue weighted by Crippen LogP contribution is 2.41. The molecule has 26 heavy (non-hydrogen) atoms. The molecule has 2 saturated heterocycles. The van der Waals surface area contributed by atoms with Gasteiger partial charge in [-0.2, -0.15) is 0 Å². The normalized spacial score (nSPS) is 27.3. The second-order valence-electron chi connectivity index (χ2n) is 7.13. The van der Waals surface area contributed by atoms with Gasteiger partial charge in [0.2, 0.25) is 5.91 Å². The van der Waals surface area contributed by atoms with Crippen LogP contribution in [0.3, 0.4) is 0 Å². The van der Waals surface area contributed by atoms with Crippen molar-refractivity contribution in [2.45, 2.75) is 37.3 Å². The Hall–Kier alpha value is -2.12. The zero-order valence-electron chi connectivity index (χ0n) is 14.4. The molecule has 0 saturated carbocycles. The highest BCUT2D eigenvalue weighted by molar-refractivity contribution is 6.09. The highest BCUT2D eigenvalue weighted by Gasteiger charge is 2.55. The summed E-state index contributed by atoms with van der Waals surface area (Å²) in [5.74, 6) is -0.543. The van der Waals surface area contributed by atoms with Gasteiger partial charge in [0.25, 0.3) is 5.91 Å². The third kappa shape index (κ3) is 2.85. The minimum atomic E-state index is -1.01. The van der Waals surface area contributed by atoms with Crippen LogP contribution in [0.25, 0.3) is 0 Å². The predicted molar refractivity (Wildman–Crippen MR) is 97.7 cm³/mol. The lowest BCUT2D eigenvalue weighted by atomic mass is 9.92. The van der Waals surface area contributed by atoms with E-state index in [2.05, 4.69) is 5.32 Å². The molecule has 3 N–H and O–H groups in total. The van der Waals surface area contributed by atoms with E-state index in [0.717, 1.165) is 35.3 Å². The van der Waals surface area contributed by atoms with Crippen LogP contribution in [0.4, 0.5) is 4.79 Å². The van der Waals surface area contributed by atoms with Crippen LogP contribution < -0.4 is 11.1 Å². The molecule has 3 aliphatic rings. The molecule has 4 amide bonds. The van der Waals surface area contributed by atoms with Gasteiger partial charge in [-0.05, 0) is 36.8 Å². The van der Waals surface area contributed by atoms with E-state index in [-0.39, 0.29) is 36.8 Å². The zero-order chi connectivity index (χ0) is 17.6. The van der Waals surface area contributed by atoms with E-state index in [9.17, 15) is 14.4 Å². The number of carbonyl (C=O) groups excluding carboxylic acids is 3. The van der Waals surface area contributed by atoms with Gasteiger partial charge < -0.3 is 16.0 Å². The zero-order valence-corrected chi connectivity index (χ0v) is 15.3. The van der Waals surface area contributed by atoms with Crippen molar-refractivity contribution >= 4 is 30.3 Å². The van der Waals surface area contributed by atoms with Crippen molar-refractivity contribution in [3.8, 4) is 0 Å². The number of amides is 4. The van der Waals surface area contributed by atoms with Crippen LogP contribution in [0.5, 0.6) is 0 Å². The molecule has 2 unspecified atom stereocenters. The number of imide groups is 1. The monoisotopic (exact) mass is 378 g/mol. The van der Waals surface area contributed by atoms with E-state index in [1.807, 2.05) is 24.3 Å². The molecule has 1 aliphatic carbocycles. The van der Waals surface area contributed by atoms with Gasteiger partial charge in [-0.25, -0.2) is 4.79 Å². The Bertz CT molecular complexity index is 756. The third-order valence-electron chi connectivity index (χ3n) is 5.53. The first-order chi connectivity index (χ1) is 12.0. The Morgan fingerprint density at radius 3 is 2.85 bits per heavy atom. The lowest BCUT2D eigenvalue weighted by Gasteiger charge is -2.31. The van der Waals surface area contributed by atoms with Gasteiger partial charge in [-0.15, -0.1) is 12.4 Å². The number of rotatable bonds is 2. The molecule has 7 nitrogen and oxygen atoms in total. The van der Waals surface area contributed by atoms with Crippen molar-refractivity contribution < 1.29 is 14.4 Å². The summed E-state index contributed by atoms with van der Waals surface area (Å²) in [5, 5.41) is 2.84. The number of nitrogens with two attached hydrogens (primary N) is 1. The van der Waals surface area contributed by atoms with Gasteiger partial charge in [0.05, 0.1) is 0 Å². The van der Waals surface area contributed by atoms with Gasteiger partial charge >= 0.3 is 6.03 Å². The first kappa shape index (κ1) is 18.7. The Morgan fingerprint density at radius 1 is 1.31 bits per heavy atom. The third-order valence-corrected chi connectivity index (χ3v) is 5.53. The van der Waals surface area contributed by atoms with Crippen molar-refractivity contribution in [2.75, 3.05) is 19.6 Å². The Morgan fingerprint density at radius 2 is 2.08 bits per heavy atom. The SMILES string of the molecule is Cl.NC1CCCN(C(=O)CN2C(=O)NC3(CCc4ccccc43)C2=O)C1. The number of likely N-dealkylation sites (tertiary alicyclic amines) is 1. The fraction of sp³-hybridized carbons (Fsp3) is 0.500. The largest absolute Gasteiger partial charge is 0.340 e. The first-order valence-corrected chi connectivity index (χ1v) is 8.77. The number of nitrogens with one attached hydrogen (secondary N) is 1. The van der Waals surface area contributed by atoms with Crippen LogP contribution >= 0.6 is 12.4 Å². The molecule has 8 heteroatoms. The average molecular weight is 379 g/mol. The summed E-state index contributed by atoms with van der Waals surface area (Å²) in [5.41, 5.74) is 6.84. The van der Waals surface area contributed by atoms with Gasteiger partial charge in [0.15, 0.2) is 0 Å². The second-order valence-corrected chi connectivity index (χ2v) is 7.13. The molecule has 0 bridgehead atoms. The maximum absolute atomic E-state index is 13.0. The Kier molecular flexibility index (Phi) is 4.94. The molecule has 2 aliphatic heterocycles. The summed E-state index contributed by atoms with van der Waals surface area (Å²) < 4.78 is 0. The number of benzene rings is 1. The van der Waals surface area contributed by atoms with E-state index in [4.69, 9.17) is 5.73 Å². The summed E-state index contributed by atoms with van der Waals surface area (Å²) in [6, 6.07) is 7.14. The quantitative estimate of drug-likeness (QED) is 0.742. The first-order valence-electron chi connectivity index (χ1n) is 8.77. The van der Waals surface area contributed by atoms with Gasteiger partial charge in [0.1, 0.15) is 12.1 Å². The molecule has 1 aromatic carbocycles. The number of hydrogen-bond donors (Lipinski definition) is 2. The number of carbonyl (C=O) groups is 3. The van der Waals surface area contributed by atoms with E-state index < -0.39 is 11.6 Å². The van der Waals surface area contributed by atoms with Crippen LogP contribution in [0, 0.1) is 0 Å². The molecule has 140 valence electrons. The molecule has 2 atom stereocenters. The number of aryl methyl sites for hydroxylation is 1. The molecule has 1 spiro atoms. The van der Waals surface area contributed by atoms with E-state index in [1.54, 1.807) is 4.90 Å². The summed E-state index contributed by atoms with van der Waals surface area (Å²) in [7, 11) is 0. The Labute approximate surface area is 158 Å². The highest BCUT2D eigenvalue weighted by atomic mass is 35.5. The minimum Gasteiger partial charge on any atom is -0.340 e. The summed E-state index contributed by atoms with van der Waals surface area (Å²) in [6.07, 6.45) is 3.03. The average Bonchev–Trinajstić information content (AvgIpc) is 3.09. The fourth-order valence-electron chi connectivity index (χ4n) is 4.20. The van der Waals surface area contributed by atoms with Crippen LogP contribution in [0.15, 0.2) is 24.3 Å². The number of hydrogen-bond acceptors (Lipinski definition) is 4. The van der Waals surface area contributed by atoms with Crippen molar-refractivity contribution in [1.82, 2.24) is 15.1 Å². The molecular weight excluding hydrogens is 356 g/mol. The van der Waals surface area contributed by atoms with Crippen LogP contribution in [-0.2, 0) is 21.5 Å². The standard InChI is InChI=1S/C18H22N4O3.ClH/c19-13-5-3-9-21(10-13)15(23)11-22-16(24)18(20-17(22)25)8-7-12-4-1-2-6-14(12)18;/h1-2,4,6,13H,3,5,7-11,19H2,(H,20,25);1H. The smallest absolute Gasteiger partial charge is 0.325 e. The van der Waals surface area contributed by atoms with Crippen molar-refractivity contribution in [3.05, 3.63) is 35.4 Å². The number of piperidine rings is 1. The minimum absolute atomic E-state index is 0. The van der Waals surface area contributed by atoms with Crippen molar-refractivity contribution in [1.29, 1.82) is 0 Å². The van der Waals surface area contributed by atoms with E-state index >= 15 is 0 Å². The molecule has 0 aromatic heterocycles. The number of halogens is 1. The Balaban J connectivity index is 0.00000196. The number of nitrogens with zero attached hydrogens (tertiary/aromatic N) is 2. The van der Waals surface area contributed by atoms with Crippen molar-refractivity contribution in [3.63, 3.8) is 0 Å². The molecule has 4 rings (SSSR count). The maximum atomic E-state index is 13.0. The summed E-state index contributed by atoms with van der Waals surface area (Å²) in [6.45, 7) is 0.891. The lowest BCUT2D eigenvalue weighted by Crippen LogP contribution is -2.50. The van der Waals surface area contributed by atoms with Crippen molar-refractivity contribution in [2.24, 2.45) is 5.73 Å². The van der Waals surface area contributed by atoms with Gasteiger partial charge in [-0.1, -0.05) is 24.3 Å². The van der Waals surface area contributed by atoms with Crippen LogP contribution in [0.1, 0.15) is 30.4 Å². The number of fused-ring (bicyclic) bond motifs is 2. The topological polar surface area (TPSA) is 95.7 Å². The molecule has 2 heterocycles. The van der Waals surface area contributed by atoms with Gasteiger partial charge in [-0.3, -0.25) is 14.5 Å². The van der Waals surface area contributed by atoms with E-state index in [0.29, 0.717) is 19.5 Å². The van der Waals surface area contributed by atoms with Crippen LogP contribution in [0.2, 0.25) is 0 Å². The number of urea groups is 1. The van der Waals surface area contributed by atoms with E-state index in [1.165, 1.54) is 0 Å². The summed E-state index contributed by atoms with van der Waals surface area (Å²) >= 11 is 0. The summed E-state index contributed by atoms with van der Waals surface area (Å²) in [4.78, 5) is 40.7.